The number of halogens is 1. The van der Waals surface area contributed by atoms with Gasteiger partial charge in [-0.3, -0.25) is 4.57 Å². The van der Waals surface area contributed by atoms with Crippen LogP contribution in [0.1, 0.15) is 18.7 Å². The summed E-state index contributed by atoms with van der Waals surface area (Å²) in [6.45, 7) is 2.83. The van der Waals surface area contributed by atoms with Gasteiger partial charge in [0, 0.05) is 24.1 Å². The third kappa shape index (κ3) is 2.31. The minimum atomic E-state index is -0.292. The first-order valence-corrected chi connectivity index (χ1v) is 7.81. The Kier molecular flexibility index (Phi) is 3.45. The van der Waals surface area contributed by atoms with Crippen LogP contribution in [0.25, 0.3) is 17.1 Å². The largest absolute Gasteiger partial charge is 0.497 e. The highest BCUT2D eigenvalue weighted by Gasteiger charge is 2.25. The Labute approximate surface area is 139 Å². The monoisotopic (exact) mass is 324 g/mol. The lowest BCUT2D eigenvalue weighted by Gasteiger charge is -2.13. The van der Waals surface area contributed by atoms with E-state index in [0.29, 0.717) is 11.4 Å². The Morgan fingerprint density at radius 2 is 2.08 bits per heavy atom. The Hall–Kier alpha value is -2.89. The molecule has 0 unspecified atom stereocenters. The van der Waals surface area contributed by atoms with E-state index in [2.05, 4.69) is 22.4 Å². The lowest BCUT2D eigenvalue weighted by molar-refractivity contribution is 0.415. The van der Waals surface area contributed by atoms with Gasteiger partial charge in [-0.1, -0.05) is 19.1 Å². The fourth-order valence-corrected chi connectivity index (χ4v) is 3.00. The van der Waals surface area contributed by atoms with Crippen LogP contribution < -0.4 is 10.1 Å². The molecule has 4 rings (SSSR count). The highest BCUT2D eigenvalue weighted by atomic mass is 19.1. The predicted octanol–water partition coefficient (Wildman–Crippen LogP) is 3.61. The quantitative estimate of drug-likeness (QED) is 0.782. The minimum absolute atomic E-state index is 0.165. The fourth-order valence-electron chi connectivity index (χ4n) is 3.00. The Morgan fingerprint density at radius 1 is 1.21 bits per heavy atom. The van der Waals surface area contributed by atoms with Crippen molar-refractivity contribution >= 4 is 5.69 Å². The number of fused-ring (bicyclic) bond motifs is 3. The van der Waals surface area contributed by atoms with E-state index in [-0.39, 0.29) is 11.7 Å². The molecule has 1 N–H and O–H groups in total. The van der Waals surface area contributed by atoms with E-state index in [1.165, 1.54) is 12.1 Å². The Balaban J connectivity index is 1.96. The van der Waals surface area contributed by atoms with Crippen molar-refractivity contribution in [3.63, 3.8) is 0 Å². The van der Waals surface area contributed by atoms with Crippen LogP contribution in [0.15, 0.2) is 42.5 Å². The molecule has 0 spiro atoms. The molecule has 1 aromatic heterocycles. The molecule has 6 heteroatoms. The van der Waals surface area contributed by atoms with Gasteiger partial charge < -0.3 is 10.1 Å². The van der Waals surface area contributed by atoms with E-state index in [4.69, 9.17) is 4.74 Å². The zero-order valence-electron chi connectivity index (χ0n) is 13.5. The van der Waals surface area contributed by atoms with Crippen molar-refractivity contribution in [1.82, 2.24) is 14.8 Å². The summed E-state index contributed by atoms with van der Waals surface area (Å²) in [5.74, 6) is 2.13. The summed E-state index contributed by atoms with van der Waals surface area (Å²) in [6, 6.07) is 12.2. The van der Waals surface area contributed by atoms with Crippen LogP contribution in [0.4, 0.5) is 10.1 Å². The molecule has 1 aliphatic rings. The maximum Gasteiger partial charge on any atom is 0.168 e. The second-order valence-corrected chi connectivity index (χ2v) is 5.89. The van der Waals surface area contributed by atoms with Crippen LogP contribution >= 0.6 is 0 Å². The summed E-state index contributed by atoms with van der Waals surface area (Å²) in [7, 11) is 1.64. The lowest BCUT2D eigenvalue weighted by atomic mass is 10.1. The molecule has 1 atom stereocenters. The van der Waals surface area contributed by atoms with E-state index in [0.717, 1.165) is 29.5 Å². The maximum atomic E-state index is 13.7. The second-order valence-electron chi connectivity index (χ2n) is 5.89. The summed E-state index contributed by atoms with van der Waals surface area (Å²) in [5, 5.41) is 12.1. The van der Waals surface area contributed by atoms with E-state index in [1.54, 1.807) is 13.2 Å². The van der Waals surface area contributed by atoms with E-state index in [1.807, 2.05) is 28.8 Å². The summed E-state index contributed by atoms with van der Waals surface area (Å²) >= 11 is 0. The number of methoxy groups -OCH3 is 1. The van der Waals surface area contributed by atoms with Crippen molar-refractivity contribution in [2.24, 2.45) is 0 Å². The van der Waals surface area contributed by atoms with Gasteiger partial charge in [-0.05, 0) is 24.3 Å². The number of nitrogens with zero attached hydrogens (tertiary/aromatic N) is 3. The molecule has 0 bridgehead atoms. The predicted molar refractivity (Wildman–Crippen MR) is 90.2 cm³/mol. The fraction of sp³-hybridized carbons (Fsp3) is 0.222. The van der Waals surface area contributed by atoms with Crippen LogP contribution in [0.3, 0.4) is 0 Å². The molecule has 0 saturated carbocycles. The molecule has 24 heavy (non-hydrogen) atoms. The number of nitrogens with one attached hydrogen (secondary N) is 1. The van der Waals surface area contributed by atoms with Gasteiger partial charge in [0.25, 0.3) is 0 Å². The minimum Gasteiger partial charge on any atom is -0.497 e. The molecule has 0 radical (unpaired) electrons. The van der Waals surface area contributed by atoms with Gasteiger partial charge in [0.1, 0.15) is 17.4 Å². The summed E-state index contributed by atoms with van der Waals surface area (Å²) < 4.78 is 21.0. The molecule has 0 saturated heterocycles. The van der Waals surface area contributed by atoms with Crippen molar-refractivity contribution in [2.75, 3.05) is 19.0 Å². The molecule has 0 aliphatic carbocycles. The first-order chi connectivity index (χ1) is 11.7. The maximum absolute atomic E-state index is 13.7. The molecule has 2 aromatic carbocycles. The van der Waals surface area contributed by atoms with Crippen LogP contribution in [0.2, 0.25) is 0 Å². The van der Waals surface area contributed by atoms with Gasteiger partial charge in [-0.15, -0.1) is 10.2 Å². The van der Waals surface area contributed by atoms with Gasteiger partial charge >= 0.3 is 0 Å². The smallest absolute Gasteiger partial charge is 0.168 e. The van der Waals surface area contributed by atoms with Crippen LogP contribution in [0, 0.1) is 5.82 Å². The normalized spacial score (nSPS) is 15.9. The van der Waals surface area contributed by atoms with Gasteiger partial charge in [0.05, 0.1) is 18.5 Å². The number of anilines is 1. The molecular formula is C18H17FN4O. The van der Waals surface area contributed by atoms with Crippen molar-refractivity contribution < 1.29 is 9.13 Å². The van der Waals surface area contributed by atoms with Crippen molar-refractivity contribution in [2.45, 2.75) is 12.8 Å². The number of aromatic nitrogens is 3. The Bertz CT molecular complexity index is 906. The van der Waals surface area contributed by atoms with E-state index < -0.39 is 0 Å². The van der Waals surface area contributed by atoms with E-state index >= 15 is 0 Å². The van der Waals surface area contributed by atoms with Gasteiger partial charge in [-0.25, -0.2) is 4.39 Å². The molecule has 3 aromatic rings. The molecule has 0 amide bonds. The first-order valence-electron chi connectivity index (χ1n) is 7.81. The van der Waals surface area contributed by atoms with Crippen LogP contribution in [0.5, 0.6) is 5.75 Å². The zero-order chi connectivity index (χ0) is 16.7. The van der Waals surface area contributed by atoms with Crippen molar-refractivity contribution in [1.29, 1.82) is 0 Å². The summed E-state index contributed by atoms with van der Waals surface area (Å²) in [5.41, 5.74) is 2.57. The van der Waals surface area contributed by atoms with Crippen LogP contribution in [-0.4, -0.2) is 28.4 Å². The molecule has 122 valence electrons. The SMILES string of the molecule is COc1ccc2c(c1)NC[C@@H](C)c1nnc(-c3cccc(F)c3)n1-2. The van der Waals surface area contributed by atoms with Crippen LogP contribution in [-0.2, 0) is 0 Å². The van der Waals surface area contributed by atoms with Gasteiger partial charge in [0.2, 0.25) is 0 Å². The average molecular weight is 324 g/mol. The second kappa shape index (κ2) is 5.63. The molecule has 0 fully saturated rings. The molecular weight excluding hydrogens is 307 g/mol. The summed E-state index contributed by atoms with van der Waals surface area (Å²) in [4.78, 5) is 0. The molecule has 2 heterocycles. The number of hydrogen-bond acceptors (Lipinski definition) is 4. The van der Waals surface area contributed by atoms with Crippen molar-refractivity contribution in [3.8, 4) is 22.8 Å². The number of ether oxygens (including phenoxy) is 1. The topological polar surface area (TPSA) is 52.0 Å². The number of rotatable bonds is 2. The van der Waals surface area contributed by atoms with E-state index in [9.17, 15) is 4.39 Å². The summed E-state index contributed by atoms with van der Waals surface area (Å²) in [6.07, 6.45) is 0. The Morgan fingerprint density at radius 3 is 2.88 bits per heavy atom. The lowest BCUT2D eigenvalue weighted by Crippen LogP contribution is -2.09. The van der Waals surface area contributed by atoms with Crippen molar-refractivity contribution in [3.05, 3.63) is 54.1 Å². The van der Waals surface area contributed by atoms with Gasteiger partial charge in [-0.2, -0.15) is 0 Å². The highest BCUT2D eigenvalue weighted by molar-refractivity contribution is 5.69. The molecule has 5 nitrogen and oxygen atoms in total. The standard InChI is InChI=1S/C18H17FN4O/c1-11-10-20-15-9-14(24-2)6-7-16(15)23-17(11)21-22-18(23)12-4-3-5-13(19)8-12/h3-9,11,20H,10H2,1-2H3/t11-/m1/s1. The average Bonchev–Trinajstić information content (AvgIpc) is 2.99. The number of hydrogen-bond donors (Lipinski definition) is 1. The third-order valence-corrected chi connectivity index (χ3v) is 4.25. The first kappa shape index (κ1) is 14.7. The zero-order valence-corrected chi connectivity index (χ0v) is 13.5. The number of benzene rings is 2. The molecule has 1 aliphatic heterocycles. The third-order valence-electron chi connectivity index (χ3n) is 4.25. The highest BCUT2D eigenvalue weighted by Crippen LogP contribution is 2.35. The van der Waals surface area contributed by atoms with Gasteiger partial charge in [0.15, 0.2) is 5.82 Å².